The van der Waals surface area contributed by atoms with Gasteiger partial charge in [-0.15, -0.1) is 5.10 Å². The Morgan fingerprint density at radius 3 is 2.80 bits per heavy atom. The number of carbonyl (C=O) groups is 1. The highest BCUT2D eigenvalue weighted by atomic mass is 16.1. The summed E-state index contributed by atoms with van der Waals surface area (Å²) in [6, 6.07) is 18.2. The lowest BCUT2D eigenvalue weighted by molar-refractivity contribution is -0.122. The van der Waals surface area contributed by atoms with Crippen LogP contribution < -0.4 is 5.32 Å². The van der Waals surface area contributed by atoms with Gasteiger partial charge in [-0.3, -0.25) is 9.48 Å². The minimum atomic E-state index is 0.0262. The SMILES string of the molecule is O=C(CCn1nnc2ccccc21)NC1CCCc2c1cnn2Cc1ccccc1. The highest BCUT2D eigenvalue weighted by Gasteiger charge is 2.25. The van der Waals surface area contributed by atoms with Crippen molar-refractivity contribution in [2.75, 3.05) is 0 Å². The number of amides is 1. The third-order valence-corrected chi connectivity index (χ3v) is 5.74. The van der Waals surface area contributed by atoms with Crippen LogP contribution in [0.25, 0.3) is 11.0 Å². The molecule has 0 saturated carbocycles. The van der Waals surface area contributed by atoms with E-state index in [1.165, 1.54) is 11.3 Å². The fourth-order valence-electron chi connectivity index (χ4n) is 4.22. The summed E-state index contributed by atoms with van der Waals surface area (Å²) in [4.78, 5) is 12.7. The number of carbonyl (C=O) groups excluding carboxylic acids is 1. The second-order valence-corrected chi connectivity index (χ2v) is 7.75. The fraction of sp³-hybridized carbons (Fsp3) is 0.304. The Balaban J connectivity index is 1.24. The lowest BCUT2D eigenvalue weighted by Crippen LogP contribution is -2.31. The minimum absolute atomic E-state index is 0.0262. The van der Waals surface area contributed by atoms with E-state index in [0.717, 1.165) is 42.4 Å². The summed E-state index contributed by atoms with van der Waals surface area (Å²) in [6.07, 6.45) is 5.29. The molecule has 1 atom stereocenters. The van der Waals surface area contributed by atoms with Crippen molar-refractivity contribution in [2.24, 2.45) is 0 Å². The summed E-state index contributed by atoms with van der Waals surface area (Å²) >= 11 is 0. The van der Waals surface area contributed by atoms with E-state index in [-0.39, 0.29) is 11.9 Å². The van der Waals surface area contributed by atoms with Crippen LogP contribution in [0.2, 0.25) is 0 Å². The van der Waals surface area contributed by atoms with E-state index in [1.807, 2.05) is 48.7 Å². The van der Waals surface area contributed by atoms with Crippen molar-refractivity contribution >= 4 is 16.9 Å². The number of nitrogens with zero attached hydrogens (tertiary/aromatic N) is 5. The maximum absolute atomic E-state index is 12.7. The number of para-hydroxylation sites is 1. The van der Waals surface area contributed by atoms with Crippen LogP contribution >= 0.6 is 0 Å². The van der Waals surface area contributed by atoms with Crippen LogP contribution in [-0.2, 0) is 24.3 Å². The normalized spacial score (nSPS) is 15.8. The smallest absolute Gasteiger partial charge is 0.222 e. The lowest BCUT2D eigenvalue weighted by atomic mass is 9.92. The van der Waals surface area contributed by atoms with Crippen molar-refractivity contribution in [3.63, 3.8) is 0 Å². The third kappa shape index (κ3) is 3.70. The van der Waals surface area contributed by atoms with E-state index < -0.39 is 0 Å². The van der Waals surface area contributed by atoms with Gasteiger partial charge in [0.15, 0.2) is 0 Å². The largest absolute Gasteiger partial charge is 0.349 e. The number of rotatable bonds is 6. The predicted molar refractivity (Wildman–Crippen MR) is 114 cm³/mol. The quantitative estimate of drug-likeness (QED) is 0.539. The van der Waals surface area contributed by atoms with E-state index in [1.54, 1.807) is 4.68 Å². The zero-order valence-electron chi connectivity index (χ0n) is 16.7. The summed E-state index contributed by atoms with van der Waals surface area (Å²) < 4.78 is 3.86. The molecule has 2 aromatic heterocycles. The molecule has 1 N–H and O–H groups in total. The Morgan fingerprint density at radius 2 is 1.90 bits per heavy atom. The van der Waals surface area contributed by atoms with Crippen LogP contribution in [0.15, 0.2) is 60.8 Å². The lowest BCUT2D eigenvalue weighted by Gasteiger charge is -2.24. The van der Waals surface area contributed by atoms with Gasteiger partial charge >= 0.3 is 0 Å². The van der Waals surface area contributed by atoms with Gasteiger partial charge in [-0.05, 0) is 37.0 Å². The van der Waals surface area contributed by atoms with Crippen molar-refractivity contribution in [2.45, 2.75) is 44.8 Å². The van der Waals surface area contributed by atoms with Gasteiger partial charge in [0.05, 0.1) is 30.8 Å². The van der Waals surface area contributed by atoms with E-state index in [9.17, 15) is 4.79 Å². The number of aromatic nitrogens is 5. The molecule has 1 unspecified atom stereocenters. The highest BCUT2D eigenvalue weighted by Crippen LogP contribution is 2.30. The molecular weight excluding hydrogens is 376 g/mol. The van der Waals surface area contributed by atoms with Gasteiger partial charge < -0.3 is 5.32 Å². The van der Waals surface area contributed by atoms with Crippen LogP contribution in [0.5, 0.6) is 0 Å². The number of nitrogens with one attached hydrogen (secondary N) is 1. The molecule has 5 rings (SSSR count). The zero-order chi connectivity index (χ0) is 20.3. The first-order valence-electron chi connectivity index (χ1n) is 10.4. The molecular formula is C23H24N6O. The first-order chi connectivity index (χ1) is 14.8. The summed E-state index contributed by atoms with van der Waals surface area (Å²) in [5, 5.41) is 16.1. The predicted octanol–water partition coefficient (Wildman–Crippen LogP) is 3.26. The molecule has 0 radical (unpaired) electrons. The van der Waals surface area contributed by atoms with Crippen molar-refractivity contribution < 1.29 is 4.79 Å². The highest BCUT2D eigenvalue weighted by molar-refractivity contribution is 5.77. The Bertz CT molecular complexity index is 1160. The summed E-state index contributed by atoms with van der Waals surface area (Å²) in [7, 11) is 0. The van der Waals surface area contributed by atoms with Crippen LogP contribution in [0, 0.1) is 0 Å². The first kappa shape index (κ1) is 18.5. The molecule has 152 valence electrons. The molecule has 7 heteroatoms. The molecule has 0 saturated heterocycles. The van der Waals surface area contributed by atoms with E-state index in [0.29, 0.717) is 13.0 Å². The van der Waals surface area contributed by atoms with Gasteiger partial charge in [0, 0.05) is 17.7 Å². The Morgan fingerprint density at radius 1 is 1.07 bits per heavy atom. The van der Waals surface area contributed by atoms with Crippen LogP contribution in [0.3, 0.4) is 0 Å². The van der Waals surface area contributed by atoms with Crippen LogP contribution in [-0.4, -0.2) is 30.7 Å². The monoisotopic (exact) mass is 400 g/mol. The third-order valence-electron chi connectivity index (χ3n) is 5.74. The average Bonchev–Trinajstić information content (AvgIpc) is 3.38. The maximum Gasteiger partial charge on any atom is 0.222 e. The standard InChI is InChI=1S/C23H24N6O/c30-23(13-14-28-22-11-5-4-9-20(22)26-27-28)25-19-10-6-12-21-18(19)15-24-29(21)16-17-7-2-1-3-8-17/h1-5,7-9,11,15,19H,6,10,12-14,16H2,(H,25,30). The number of aryl methyl sites for hydroxylation is 1. The molecule has 1 amide bonds. The molecule has 1 aliphatic carbocycles. The van der Waals surface area contributed by atoms with E-state index in [4.69, 9.17) is 0 Å². The van der Waals surface area contributed by atoms with Crippen LogP contribution in [0.4, 0.5) is 0 Å². The molecule has 0 bridgehead atoms. The van der Waals surface area contributed by atoms with Gasteiger partial charge in [0.25, 0.3) is 0 Å². The molecule has 0 aliphatic heterocycles. The topological polar surface area (TPSA) is 77.6 Å². The molecule has 4 aromatic rings. The molecule has 30 heavy (non-hydrogen) atoms. The number of fused-ring (bicyclic) bond motifs is 2. The Labute approximate surface area is 174 Å². The summed E-state index contributed by atoms with van der Waals surface area (Å²) in [5.74, 6) is 0.0308. The van der Waals surface area contributed by atoms with Crippen molar-refractivity contribution in [3.05, 3.63) is 77.6 Å². The molecule has 2 aromatic carbocycles. The number of hydrogen-bond acceptors (Lipinski definition) is 4. The summed E-state index contributed by atoms with van der Waals surface area (Å²) in [5.41, 5.74) is 5.41. The fourth-order valence-corrected chi connectivity index (χ4v) is 4.22. The van der Waals surface area contributed by atoms with Gasteiger partial charge in [0.1, 0.15) is 5.52 Å². The van der Waals surface area contributed by atoms with E-state index >= 15 is 0 Å². The van der Waals surface area contributed by atoms with Crippen LogP contribution in [0.1, 0.15) is 42.1 Å². The number of benzene rings is 2. The average molecular weight is 400 g/mol. The maximum atomic E-state index is 12.7. The van der Waals surface area contributed by atoms with Crippen molar-refractivity contribution in [1.29, 1.82) is 0 Å². The Kier molecular flexibility index (Phi) is 5.01. The molecule has 0 fully saturated rings. The van der Waals surface area contributed by atoms with Gasteiger partial charge in [0.2, 0.25) is 5.91 Å². The van der Waals surface area contributed by atoms with Gasteiger partial charge in [-0.2, -0.15) is 5.10 Å². The van der Waals surface area contributed by atoms with Crippen molar-refractivity contribution in [3.8, 4) is 0 Å². The zero-order valence-corrected chi connectivity index (χ0v) is 16.7. The summed E-state index contributed by atoms with van der Waals surface area (Å²) in [6.45, 7) is 1.27. The first-order valence-corrected chi connectivity index (χ1v) is 10.4. The van der Waals surface area contributed by atoms with Crippen molar-refractivity contribution in [1.82, 2.24) is 30.1 Å². The van der Waals surface area contributed by atoms with Gasteiger partial charge in [-0.25, -0.2) is 4.68 Å². The number of hydrogen-bond donors (Lipinski definition) is 1. The molecule has 0 spiro atoms. The van der Waals surface area contributed by atoms with E-state index in [2.05, 4.69) is 37.5 Å². The Hall–Kier alpha value is -3.48. The second kappa shape index (κ2) is 8.10. The van der Waals surface area contributed by atoms with Gasteiger partial charge in [-0.1, -0.05) is 47.7 Å². The second-order valence-electron chi connectivity index (χ2n) is 7.75. The minimum Gasteiger partial charge on any atom is -0.349 e. The molecule has 7 nitrogen and oxygen atoms in total. The molecule has 2 heterocycles. The molecule has 1 aliphatic rings.